The van der Waals surface area contributed by atoms with Crippen LogP contribution in [0, 0.1) is 0 Å². The highest BCUT2D eigenvalue weighted by atomic mass is 32.1. The Hall–Kier alpha value is -1.92. The van der Waals surface area contributed by atoms with Gasteiger partial charge in [0, 0.05) is 24.3 Å². The SMILES string of the molecule is CN(C(=O)[C@@H]1CN(C(=O)c2cc3ccccc3s2)CCO1)C1CCCCC1. The molecule has 144 valence electrons. The van der Waals surface area contributed by atoms with Crippen LogP contribution < -0.4 is 0 Å². The number of nitrogens with zero attached hydrogens (tertiary/aromatic N) is 2. The van der Waals surface area contributed by atoms with Crippen LogP contribution in [0.5, 0.6) is 0 Å². The summed E-state index contributed by atoms with van der Waals surface area (Å²) >= 11 is 1.51. The molecular formula is C21H26N2O3S. The van der Waals surface area contributed by atoms with Gasteiger partial charge in [0.1, 0.15) is 0 Å². The minimum absolute atomic E-state index is 0.00220. The third-order valence-electron chi connectivity index (χ3n) is 5.74. The number of hydrogen-bond acceptors (Lipinski definition) is 4. The van der Waals surface area contributed by atoms with Gasteiger partial charge in [-0.05, 0) is 30.4 Å². The van der Waals surface area contributed by atoms with Crippen molar-refractivity contribution in [3.8, 4) is 0 Å². The molecule has 0 bridgehead atoms. The van der Waals surface area contributed by atoms with Crippen molar-refractivity contribution < 1.29 is 14.3 Å². The quantitative estimate of drug-likeness (QED) is 0.811. The first-order chi connectivity index (χ1) is 13.1. The molecule has 1 aliphatic heterocycles. The lowest BCUT2D eigenvalue weighted by molar-refractivity contribution is -0.149. The molecule has 2 fully saturated rings. The smallest absolute Gasteiger partial charge is 0.264 e. The molecule has 1 aliphatic carbocycles. The first-order valence-electron chi connectivity index (χ1n) is 9.79. The van der Waals surface area contributed by atoms with E-state index in [1.807, 2.05) is 42.3 Å². The minimum atomic E-state index is -0.552. The maximum atomic E-state index is 13.0. The first-order valence-corrected chi connectivity index (χ1v) is 10.6. The second kappa shape index (κ2) is 7.98. The van der Waals surface area contributed by atoms with Crippen molar-refractivity contribution in [1.82, 2.24) is 9.80 Å². The third-order valence-corrected chi connectivity index (χ3v) is 6.84. The van der Waals surface area contributed by atoms with Crippen molar-refractivity contribution in [2.75, 3.05) is 26.7 Å². The Labute approximate surface area is 163 Å². The zero-order valence-electron chi connectivity index (χ0n) is 15.7. The van der Waals surface area contributed by atoms with Gasteiger partial charge in [0.15, 0.2) is 6.10 Å². The van der Waals surface area contributed by atoms with Crippen LogP contribution in [-0.2, 0) is 9.53 Å². The molecule has 1 aromatic carbocycles. The molecule has 0 N–H and O–H groups in total. The van der Waals surface area contributed by atoms with Gasteiger partial charge in [-0.15, -0.1) is 11.3 Å². The molecule has 0 unspecified atom stereocenters. The number of likely N-dealkylation sites (N-methyl/N-ethyl adjacent to an activating group) is 1. The fourth-order valence-electron chi connectivity index (χ4n) is 4.10. The molecule has 2 aromatic rings. The van der Waals surface area contributed by atoms with E-state index < -0.39 is 6.10 Å². The number of ether oxygens (including phenoxy) is 1. The largest absolute Gasteiger partial charge is 0.365 e. The first kappa shape index (κ1) is 18.4. The molecule has 6 heteroatoms. The number of carbonyl (C=O) groups is 2. The predicted octanol–water partition coefficient (Wildman–Crippen LogP) is 3.53. The van der Waals surface area contributed by atoms with Gasteiger partial charge in [-0.3, -0.25) is 9.59 Å². The number of amides is 2. The van der Waals surface area contributed by atoms with Crippen LogP contribution in [0.15, 0.2) is 30.3 Å². The fraction of sp³-hybridized carbons (Fsp3) is 0.524. The highest BCUT2D eigenvalue weighted by Gasteiger charge is 2.34. The third kappa shape index (κ3) is 3.87. The van der Waals surface area contributed by atoms with E-state index in [1.54, 1.807) is 4.90 Å². The summed E-state index contributed by atoms with van der Waals surface area (Å²) in [6.45, 7) is 1.28. The number of benzene rings is 1. The van der Waals surface area contributed by atoms with Crippen molar-refractivity contribution in [3.05, 3.63) is 35.2 Å². The van der Waals surface area contributed by atoms with E-state index in [4.69, 9.17) is 4.74 Å². The van der Waals surface area contributed by atoms with Gasteiger partial charge in [0.05, 0.1) is 18.0 Å². The molecule has 27 heavy (non-hydrogen) atoms. The average Bonchev–Trinajstić information content (AvgIpc) is 3.17. The monoisotopic (exact) mass is 386 g/mol. The summed E-state index contributed by atoms with van der Waals surface area (Å²) in [5.41, 5.74) is 0. The van der Waals surface area contributed by atoms with E-state index in [0.717, 1.165) is 27.8 Å². The van der Waals surface area contributed by atoms with Gasteiger partial charge < -0.3 is 14.5 Å². The lowest BCUT2D eigenvalue weighted by Gasteiger charge is -2.37. The Morgan fingerprint density at radius 2 is 1.96 bits per heavy atom. The Morgan fingerprint density at radius 1 is 1.19 bits per heavy atom. The molecule has 1 aromatic heterocycles. The fourth-order valence-corrected chi connectivity index (χ4v) is 5.13. The highest BCUT2D eigenvalue weighted by molar-refractivity contribution is 7.20. The van der Waals surface area contributed by atoms with Gasteiger partial charge in [0.25, 0.3) is 11.8 Å². The predicted molar refractivity (Wildman–Crippen MR) is 107 cm³/mol. The summed E-state index contributed by atoms with van der Waals surface area (Å²) in [5.74, 6) is 0.00774. The van der Waals surface area contributed by atoms with Crippen LogP contribution in [0.4, 0.5) is 0 Å². The van der Waals surface area contributed by atoms with E-state index in [-0.39, 0.29) is 11.8 Å². The molecule has 0 spiro atoms. The van der Waals surface area contributed by atoms with Crippen LogP contribution >= 0.6 is 11.3 Å². The summed E-state index contributed by atoms with van der Waals surface area (Å²) in [5, 5.41) is 1.09. The number of fused-ring (bicyclic) bond motifs is 1. The highest BCUT2D eigenvalue weighted by Crippen LogP contribution is 2.27. The normalized spacial score (nSPS) is 21.4. The molecule has 1 saturated heterocycles. The Kier molecular flexibility index (Phi) is 5.45. The van der Waals surface area contributed by atoms with Gasteiger partial charge in [-0.2, -0.15) is 0 Å². The second-order valence-electron chi connectivity index (χ2n) is 7.50. The molecule has 2 heterocycles. The lowest BCUT2D eigenvalue weighted by Crippen LogP contribution is -2.53. The molecule has 4 rings (SSSR count). The van der Waals surface area contributed by atoms with Crippen LogP contribution in [0.25, 0.3) is 10.1 Å². The van der Waals surface area contributed by atoms with E-state index in [0.29, 0.717) is 25.7 Å². The summed E-state index contributed by atoms with van der Waals surface area (Å²) in [6.07, 6.45) is 5.22. The molecule has 2 aliphatic rings. The minimum Gasteiger partial charge on any atom is -0.365 e. The average molecular weight is 387 g/mol. The maximum Gasteiger partial charge on any atom is 0.264 e. The molecular weight excluding hydrogens is 360 g/mol. The van der Waals surface area contributed by atoms with Gasteiger partial charge in [-0.25, -0.2) is 0 Å². The summed E-state index contributed by atoms with van der Waals surface area (Å²) in [6, 6.07) is 10.3. The molecule has 1 atom stereocenters. The molecule has 0 radical (unpaired) electrons. The van der Waals surface area contributed by atoms with Crippen molar-refractivity contribution in [2.24, 2.45) is 0 Å². The molecule has 1 saturated carbocycles. The van der Waals surface area contributed by atoms with E-state index in [2.05, 4.69) is 0 Å². The Balaban J connectivity index is 1.43. The Morgan fingerprint density at radius 3 is 2.74 bits per heavy atom. The van der Waals surface area contributed by atoms with Crippen molar-refractivity contribution >= 4 is 33.2 Å². The second-order valence-corrected chi connectivity index (χ2v) is 8.58. The summed E-state index contributed by atoms with van der Waals surface area (Å²) in [4.78, 5) is 30.2. The number of morpholine rings is 1. The molecule has 2 amide bonds. The lowest BCUT2D eigenvalue weighted by atomic mass is 9.94. The van der Waals surface area contributed by atoms with Gasteiger partial charge in [-0.1, -0.05) is 37.5 Å². The topological polar surface area (TPSA) is 49.9 Å². The van der Waals surface area contributed by atoms with Crippen molar-refractivity contribution in [2.45, 2.75) is 44.2 Å². The standard InChI is InChI=1S/C21H26N2O3S/c1-22(16-8-3-2-4-9-16)20(24)17-14-23(11-12-26-17)21(25)19-13-15-7-5-6-10-18(15)27-19/h5-7,10,13,16-17H,2-4,8-9,11-12,14H2,1H3/t17-/m0/s1. The molecule has 5 nitrogen and oxygen atoms in total. The van der Waals surface area contributed by atoms with Crippen molar-refractivity contribution in [3.63, 3.8) is 0 Å². The zero-order chi connectivity index (χ0) is 18.8. The van der Waals surface area contributed by atoms with Gasteiger partial charge >= 0.3 is 0 Å². The summed E-state index contributed by atoms with van der Waals surface area (Å²) < 4.78 is 6.86. The van der Waals surface area contributed by atoms with E-state index in [1.165, 1.54) is 30.6 Å². The van der Waals surface area contributed by atoms with Crippen LogP contribution in [-0.4, -0.2) is 60.5 Å². The number of rotatable bonds is 3. The van der Waals surface area contributed by atoms with Crippen LogP contribution in [0.3, 0.4) is 0 Å². The number of carbonyl (C=O) groups excluding carboxylic acids is 2. The van der Waals surface area contributed by atoms with E-state index in [9.17, 15) is 9.59 Å². The van der Waals surface area contributed by atoms with Crippen molar-refractivity contribution in [1.29, 1.82) is 0 Å². The van der Waals surface area contributed by atoms with Crippen LogP contribution in [0.2, 0.25) is 0 Å². The zero-order valence-corrected chi connectivity index (χ0v) is 16.5. The maximum absolute atomic E-state index is 13.0. The number of hydrogen-bond donors (Lipinski definition) is 0. The summed E-state index contributed by atoms with van der Waals surface area (Å²) in [7, 11) is 1.88. The number of thiophene rings is 1. The van der Waals surface area contributed by atoms with E-state index >= 15 is 0 Å². The van der Waals surface area contributed by atoms with Crippen LogP contribution in [0.1, 0.15) is 41.8 Å². The Bertz CT molecular complexity index is 795. The van der Waals surface area contributed by atoms with Gasteiger partial charge in [0.2, 0.25) is 0 Å².